The monoisotopic (exact) mass is 124 g/mol. The summed E-state index contributed by atoms with van der Waals surface area (Å²) >= 11 is 0. The fourth-order valence-corrected chi connectivity index (χ4v) is 0.752. The molecule has 0 atom stereocenters. The van der Waals surface area contributed by atoms with Crippen LogP contribution in [0.15, 0.2) is 24.3 Å². The average Bonchev–Trinajstić information content (AvgIpc) is 1.80. The molecule has 0 aliphatic carbocycles. The van der Waals surface area contributed by atoms with Crippen molar-refractivity contribution in [3.05, 3.63) is 24.3 Å². The highest BCUT2D eigenvalue weighted by Crippen LogP contribution is 2.07. The molecule has 1 rings (SSSR count). The van der Waals surface area contributed by atoms with Gasteiger partial charge in [-0.15, -0.1) is 0 Å². The minimum absolute atomic E-state index is 1.26. The van der Waals surface area contributed by atoms with Gasteiger partial charge in [0.15, 0.2) is 0 Å². The fourth-order valence-electron chi connectivity index (χ4n) is 0.752. The van der Waals surface area contributed by atoms with E-state index in [-0.39, 0.29) is 0 Å². The summed E-state index contributed by atoms with van der Waals surface area (Å²) in [5, 5.41) is 0. The molecule has 0 fully saturated rings. The molecule has 0 unspecified atom stereocenters. The van der Waals surface area contributed by atoms with Gasteiger partial charge in [-0.25, -0.2) is 0 Å². The average molecular weight is 124 g/mol. The largest absolute Gasteiger partial charge is 0.354 e. The molecule has 0 aromatic carbocycles. The predicted molar refractivity (Wildman–Crippen MR) is 38.4 cm³/mol. The Morgan fingerprint density at radius 3 is 2.33 bits per heavy atom. The van der Waals surface area contributed by atoms with E-state index >= 15 is 0 Å². The number of nitrogens with zero attached hydrogens (tertiary/aromatic N) is 2. The van der Waals surface area contributed by atoms with Crippen LogP contribution in [-0.2, 0) is 0 Å². The SMILES string of the molecule is CC1=CN(C)C=CN1C. The molecule has 0 saturated carbocycles. The van der Waals surface area contributed by atoms with Crippen LogP contribution in [0.5, 0.6) is 0 Å². The Hall–Kier alpha value is -0.920. The third-order valence-electron chi connectivity index (χ3n) is 1.47. The standard InChI is InChI=1S/C7H12N2/c1-7-6-8(2)4-5-9(7)3/h4-6H,1-3H3. The molecule has 0 amide bonds. The normalized spacial score (nSPS) is 18.3. The maximum atomic E-state index is 2.08. The van der Waals surface area contributed by atoms with Gasteiger partial charge in [0.1, 0.15) is 0 Å². The van der Waals surface area contributed by atoms with Gasteiger partial charge in [0.05, 0.1) is 0 Å². The van der Waals surface area contributed by atoms with Crippen LogP contribution >= 0.6 is 0 Å². The quantitative estimate of drug-likeness (QED) is 0.478. The highest BCUT2D eigenvalue weighted by Gasteiger charge is 1.99. The highest BCUT2D eigenvalue weighted by molar-refractivity contribution is 5.07. The number of rotatable bonds is 0. The number of allylic oxidation sites excluding steroid dienone is 1. The summed E-state index contributed by atoms with van der Waals surface area (Å²) in [7, 11) is 4.06. The first-order valence-electron chi connectivity index (χ1n) is 3.01. The van der Waals surface area contributed by atoms with Crippen molar-refractivity contribution >= 4 is 0 Å². The first kappa shape index (κ1) is 6.20. The molecule has 0 N–H and O–H groups in total. The lowest BCUT2D eigenvalue weighted by Crippen LogP contribution is -2.17. The van der Waals surface area contributed by atoms with Crippen molar-refractivity contribution in [1.29, 1.82) is 0 Å². The van der Waals surface area contributed by atoms with Gasteiger partial charge in [-0.3, -0.25) is 0 Å². The maximum Gasteiger partial charge on any atom is 0.0303 e. The van der Waals surface area contributed by atoms with E-state index in [0.29, 0.717) is 0 Å². The lowest BCUT2D eigenvalue weighted by molar-refractivity contribution is 0.481. The number of hydrogen-bond acceptors (Lipinski definition) is 2. The van der Waals surface area contributed by atoms with Crippen LogP contribution in [0.3, 0.4) is 0 Å². The molecule has 0 radical (unpaired) electrons. The van der Waals surface area contributed by atoms with E-state index in [1.807, 2.05) is 31.4 Å². The van der Waals surface area contributed by atoms with Crippen molar-refractivity contribution in [2.75, 3.05) is 14.1 Å². The van der Waals surface area contributed by atoms with Crippen LogP contribution < -0.4 is 0 Å². The predicted octanol–water partition coefficient (Wildman–Crippen LogP) is 1.20. The van der Waals surface area contributed by atoms with Crippen LogP contribution in [-0.4, -0.2) is 23.9 Å². The van der Waals surface area contributed by atoms with E-state index in [1.54, 1.807) is 0 Å². The summed E-state index contributed by atoms with van der Waals surface area (Å²) in [4.78, 5) is 4.12. The summed E-state index contributed by atoms with van der Waals surface area (Å²) in [6.07, 6.45) is 6.14. The highest BCUT2D eigenvalue weighted by atomic mass is 15.2. The van der Waals surface area contributed by atoms with Crippen LogP contribution in [0.25, 0.3) is 0 Å². The Balaban J connectivity index is 2.70. The molecule has 50 valence electrons. The van der Waals surface area contributed by atoms with Crippen LogP contribution in [0.1, 0.15) is 6.92 Å². The molecule has 0 saturated heterocycles. The molecule has 2 heteroatoms. The molecule has 1 aliphatic rings. The molecule has 0 aromatic rings. The van der Waals surface area contributed by atoms with Crippen molar-refractivity contribution < 1.29 is 0 Å². The molecule has 0 spiro atoms. The van der Waals surface area contributed by atoms with Gasteiger partial charge in [-0.05, 0) is 6.92 Å². The topological polar surface area (TPSA) is 6.48 Å². The van der Waals surface area contributed by atoms with Gasteiger partial charge < -0.3 is 9.80 Å². The van der Waals surface area contributed by atoms with Crippen LogP contribution in [0, 0.1) is 0 Å². The zero-order valence-corrected chi connectivity index (χ0v) is 6.13. The Labute approximate surface area is 56.1 Å². The summed E-state index contributed by atoms with van der Waals surface area (Å²) in [5.74, 6) is 0. The Bertz CT molecular complexity index is 158. The zero-order chi connectivity index (χ0) is 6.85. The van der Waals surface area contributed by atoms with Gasteiger partial charge in [0.2, 0.25) is 0 Å². The molecule has 0 aromatic heterocycles. The Morgan fingerprint density at radius 1 is 1.22 bits per heavy atom. The summed E-state index contributed by atoms with van der Waals surface area (Å²) in [5.41, 5.74) is 1.26. The van der Waals surface area contributed by atoms with Gasteiger partial charge in [0.25, 0.3) is 0 Å². The van der Waals surface area contributed by atoms with Gasteiger partial charge in [-0.2, -0.15) is 0 Å². The fraction of sp³-hybridized carbons (Fsp3) is 0.429. The molecule has 0 bridgehead atoms. The van der Waals surface area contributed by atoms with E-state index in [2.05, 4.69) is 18.0 Å². The second-order valence-corrected chi connectivity index (χ2v) is 2.34. The lowest BCUT2D eigenvalue weighted by Gasteiger charge is -2.22. The number of hydrogen-bond donors (Lipinski definition) is 0. The summed E-state index contributed by atoms with van der Waals surface area (Å²) in [6, 6.07) is 0. The molecular weight excluding hydrogens is 112 g/mol. The van der Waals surface area contributed by atoms with Gasteiger partial charge >= 0.3 is 0 Å². The first-order chi connectivity index (χ1) is 4.20. The van der Waals surface area contributed by atoms with Crippen LogP contribution in [0.4, 0.5) is 0 Å². The molecule has 1 aliphatic heterocycles. The summed E-state index contributed by atoms with van der Waals surface area (Å²) in [6.45, 7) is 2.08. The Morgan fingerprint density at radius 2 is 1.89 bits per heavy atom. The zero-order valence-electron chi connectivity index (χ0n) is 6.13. The van der Waals surface area contributed by atoms with Crippen molar-refractivity contribution in [1.82, 2.24) is 9.80 Å². The molecule has 2 nitrogen and oxygen atoms in total. The minimum Gasteiger partial charge on any atom is -0.354 e. The first-order valence-corrected chi connectivity index (χ1v) is 3.01. The molecule has 9 heavy (non-hydrogen) atoms. The van der Waals surface area contributed by atoms with Crippen molar-refractivity contribution in [3.8, 4) is 0 Å². The van der Waals surface area contributed by atoms with Crippen molar-refractivity contribution in [2.24, 2.45) is 0 Å². The van der Waals surface area contributed by atoms with E-state index in [9.17, 15) is 0 Å². The van der Waals surface area contributed by atoms with Crippen LogP contribution in [0.2, 0.25) is 0 Å². The maximum absolute atomic E-state index is 2.08. The minimum atomic E-state index is 1.26. The van der Waals surface area contributed by atoms with E-state index in [1.165, 1.54) is 5.70 Å². The summed E-state index contributed by atoms with van der Waals surface area (Å²) < 4.78 is 0. The third kappa shape index (κ3) is 1.25. The lowest BCUT2D eigenvalue weighted by atomic mass is 10.4. The van der Waals surface area contributed by atoms with E-state index in [0.717, 1.165) is 0 Å². The second kappa shape index (κ2) is 2.13. The van der Waals surface area contributed by atoms with E-state index < -0.39 is 0 Å². The van der Waals surface area contributed by atoms with Crippen molar-refractivity contribution in [2.45, 2.75) is 6.92 Å². The van der Waals surface area contributed by atoms with Gasteiger partial charge in [0, 0.05) is 38.4 Å². The van der Waals surface area contributed by atoms with Gasteiger partial charge in [-0.1, -0.05) is 0 Å². The molecular formula is C7H12N2. The Kier molecular flexibility index (Phi) is 1.47. The third-order valence-corrected chi connectivity index (χ3v) is 1.47. The van der Waals surface area contributed by atoms with Crippen molar-refractivity contribution in [3.63, 3.8) is 0 Å². The smallest absolute Gasteiger partial charge is 0.0303 e. The van der Waals surface area contributed by atoms with E-state index in [4.69, 9.17) is 0 Å². The second-order valence-electron chi connectivity index (χ2n) is 2.34. The molecule has 1 heterocycles.